The van der Waals surface area contributed by atoms with Gasteiger partial charge >= 0.3 is 5.97 Å². The molecule has 0 N–H and O–H groups in total. The van der Waals surface area contributed by atoms with Gasteiger partial charge in [0.2, 0.25) is 5.91 Å². The van der Waals surface area contributed by atoms with Crippen molar-refractivity contribution in [2.45, 2.75) is 13.5 Å². The number of carbonyl (C=O) groups excluding carboxylic acids is 2. The average molecular weight is 328 g/mol. The van der Waals surface area contributed by atoms with Crippen molar-refractivity contribution in [2.24, 2.45) is 0 Å². The molecule has 0 aliphatic carbocycles. The lowest BCUT2D eigenvalue weighted by Gasteiger charge is -2.18. The van der Waals surface area contributed by atoms with E-state index in [0.717, 1.165) is 16.5 Å². The molecule has 0 saturated carbocycles. The van der Waals surface area contributed by atoms with Crippen LogP contribution in [0.5, 0.6) is 0 Å². The molecule has 1 amide bonds. The molecule has 6 heteroatoms. The van der Waals surface area contributed by atoms with Crippen molar-refractivity contribution in [3.63, 3.8) is 0 Å². The Balaban J connectivity index is 1.90. The summed E-state index contributed by atoms with van der Waals surface area (Å²) < 4.78 is 4.93. The number of carbonyl (C=O) groups is 2. The van der Waals surface area contributed by atoms with Crippen LogP contribution in [0.2, 0.25) is 0 Å². The van der Waals surface area contributed by atoms with E-state index in [1.54, 1.807) is 18.0 Å². The quantitative estimate of drug-likeness (QED) is 0.638. The fraction of sp³-hybridized carbons (Fsp3) is 0.235. The van der Waals surface area contributed by atoms with Crippen LogP contribution in [0.3, 0.4) is 0 Å². The molecule has 0 atom stereocenters. The number of benzene rings is 1. The van der Waals surface area contributed by atoms with Gasteiger partial charge in [0.05, 0.1) is 35.5 Å². The predicted octanol–water partition coefficient (Wildman–Crippen LogP) is 2.71. The molecule has 0 bridgehead atoms. The molecule has 2 aromatic rings. The van der Waals surface area contributed by atoms with Gasteiger partial charge in [-0.15, -0.1) is 0 Å². The molecule has 1 saturated heterocycles. The molecular weight excluding hydrogens is 312 g/mol. The summed E-state index contributed by atoms with van der Waals surface area (Å²) in [6.07, 6.45) is 3.12. The van der Waals surface area contributed by atoms with Crippen molar-refractivity contribution in [1.82, 2.24) is 9.88 Å². The second kappa shape index (κ2) is 6.83. The molecule has 1 aromatic carbocycles. The number of fused-ring (bicyclic) bond motifs is 1. The Hall–Kier alpha value is -2.34. The van der Waals surface area contributed by atoms with Crippen LogP contribution in [-0.2, 0) is 20.9 Å². The van der Waals surface area contributed by atoms with Gasteiger partial charge in [-0.05, 0) is 18.6 Å². The summed E-state index contributed by atoms with van der Waals surface area (Å²) in [5, 5.41) is 1.65. The fourth-order valence-electron chi connectivity index (χ4n) is 2.45. The van der Waals surface area contributed by atoms with E-state index in [-0.39, 0.29) is 5.91 Å². The zero-order chi connectivity index (χ0) is 16.2. The van der Waals surface area contributed by atoms with Crippen LogP contribution in [0.15, 0.2) is 47.6 Å². The van der Waals surface area contributed by atoms with E-state index in [2.05, 4.69) is 4.98 Å². The van der Waals surface area contributed by atoms with Gasteiger partial charge in [0, 0.05) is 11.6 Å². The normalized spacial score (nSPS) is 16.3. The first-order valence-electron chi connectivity index (χ1n) is 7.33. The van der Waals surface area contributed by atoms with E-state index < -0.39 is 5.97 Å². The second-order valence-corrected chi connectivity index (χ2v) is 5.99. The van der Waals surface area contributed by atoms with Gasteiger partial charge in [0.1, 0.15) is 0 Å². The van der Waals surface area contributed by atoms with Gasteiger partial charge in [-0.1, -0.05) is 36.0 Å². The maximum Gasteiger partial charge on any atom is 0.333 e. The van der Waals surface area contributed by atoms with Crippen LogP contribution >= 0.6 is 11.8 Å². The number of nitrogens with zero attached hydrogens (tertiary/aromatic N) is 2. The number of thioether (sulfide) groups is 1. The van der Waals surface area contributed by atoms with Crippen LogP contribution < -0.4 is 0 Å². The molecule has 0 radical (unpaired) electrons. The topological polar surface area (TPSA) is 59.5 Å². The minimum atomic E-state index is -0.425. The summed E-state index contributed by atoms with van der Waals surface area (Å²) >= 11 is 1.35. The minimum absolute atomic E-state index is 0.0153. The molecule has 0 unspecified atom stereocenters. The fourth-order valence-corrected chi connectivity index (χ4v) is 3.38. The van der Waals surface area contributed by atoms with Crippen LogP contribution in [0.1, 0.15) is 12.5 Å². The first kappa shape index (κ1) is 15.6. The van der Waals surface area contributed by atoms with E-state index in [4.69, 9.17) is 4.74 Å². The summed E-state index contributed by atoms with van der Waals surface area (Å²) in [5.41, 5.74) is 1.82. The van der Waals surface area contributed by atoms with Gasteiger partial charge in [0.25, 0.3) is 0 Å². The van der Waals surface area contributed by atoms with Gasteiger partial charge in [-0.25, -0.2) is 4.79 Å². The van der Waals surface area contributed by atoms with Gasteiger partial charge in [-0.3, -0.25) is 9.78 Å². The Bertz CT molecular complexity index is 783. The standard InChI is InChI=1S/C17H16N2O3S/c1-2-22-16(21)9-15-19(14(20)11-23-15)10-13-6-3-5-12-7-4-8-18-17(12)13/h3-9H,2,10-11H2,1H3/b15-9+. The Morgan fingerprint density at radius 1 is 1.39 bits per heavy atom. The van der Waals surface area contributed by atoms with Gasteiger partial charge in [0.15, 0.2) is 0 Å². The van der Waals surface area contributed by atoms with E-state index in [9.17, 15) is 9.59 Å². The maximum absolute atomic E-state index is 12.2. The molecule has 118 valence electrons. The number of esters is 1. The summed E-state index contributed by atoms with van der Waals surface area (Å²) in [6.45, 7) is 2.46. The molecule has 0 spiro atoms. The highest BCUT2D eigenvalue weighted by Gasteiger charge is 2.28. The number of rotatable bonds is 4. The zero-order valence-electron chi connectivity index (χ0n) is 12.7. The number of para-hydroxylation sites is 1. The highest BCUT2D eigenvalue weighted by atomic mass is 32.2. The second-order valence-electron chi connectivity index (χ2n) is 5.00. The Morgan fingerprint density at radius 2 is 2.22 bits per heavy atom. The average Bonchev–Trinajstić information content (AvgIpc) is 2.88. The summed E-state index contributed by atoms with van der Waals surface area (Å²) in [4.78, 5) is 29.8. The largest absolute Gasteiger partial charge is 0.463 e. The molecule has 1 aromatic heterocycles. The lowest BCUT2D eigenvalue weighted by Crippen LogP contribution is -2.24. The van der Waals surface area contributed by atoms with Crippen molar-refractivity contribution in [2.75, 3.05) is 12.4 Å². The molecule has 3 rings (SSSR count). The minimum Gasteiger partial charge on any atom is -0.463 e. The van der Waals surface area contributed by atoms with E-state index >= 15 is 0 Å². The predicted molar refractivity (Wildman–Crippen MR) is 89.5 cm³/mol. The lowest BCUT2D eigenvalue weighted by atomic mass is 10.1. The number of hydrogen-bond acceptors (Lipinski definition) is 5. The van der Waals surface area contributed by atoms with E-state index in [1.165, 1.54) is 17.8 Å². The molecule has 5 nitrogen and oxygen atoms in total. The first-order chi connectivity index (χ1) is 11.2. The smallest absolute Gasteiger partial charge is 0.333 e. The number of aromatic nitrogens is 1. The third kappa shape index (κ3) is 3.37. The molecular formula is C17H16N2O3S. The molecule has 23 heavy (non-hydrogen) atoms. The first-order valence-corrected chi connectivity index (χ1v) is 8.32. The van der Waals surface area contributed by atoms with Crippen molar-refractivity contribution < 1.29 is 14.3 Å². The Morgan fingerprint density at radius 3 is 3.04 bits per heavy atom. The highest BCUT2D eigenvalue weighted by Crippen LogP contribution is 2.31. The number of amides is 1. The molecule has 2 heterocycles. The van der Waals surface area contributed by atoms with Crippen molar-refractivity contribution in [3.8, 4) is 0 Å². The Kier molecular flexibility index (Phi) is 4.62. The van der Waals surface area contributed by atoms with Crippen molar-refractivity contribution in [3.05, 3.63) is 53.2 Å². The lowest BCUT2D eigenvalue weighted by molar-refractivity contribution is -0.137. The van der Waals surface area contributed by atoms with Gasteiger partial charge < -0.3 is 9.64 Å². The number of pyridine rings is 1. The summed E-state index contributed by atoms with van der Waals surface area (Å²) in [6, 6.07) is 9.76. The SMILES string of the molecule is CCOC(=O)/C=C1/SCC(=O)N1Cc1cccc2cccnc12. The zero-order valence-corrected chi connectivity index (χ0v) is 13.5. The highest BCUT2D eigenvalue weighted by molar-refractivity contribution is 8.04. The third-order valence-electron chi connectivity index (χ3n) is 3.48. The molecule has 1 aliphatic rings. The number of hydrogen-bond donors (Lipinski definition) is 0. The summed E-state index contributed by atoms with van der Waals surface area (Å²) in [7, 11) is 0. The Labute approximate surface area is 138 Å². The monoisotopic (exact) mass is 328 g/mol. The van der Waals surface area contributed by atoms with E-state index in [0.29, 0.717) is 23.9 Å². The van der Waals surface area contributed by atoms with Crippen LogP contribution in [0, 0.1) is 0 Å². The van der Waals surface area contributed by atoms with Crippen molar-refractivity contribution >= 4 is 34.5 Å². The van der Waals surface area contributed by atoms with Crippen molar-refractivity contribution in [1.29, 1.82) is 0 Å². The molecule has 1 fully saturated rings. The third-order valence-corrected chi connectivity index (χ3v) is 4.51. The maximum atomic E-state index is 12.2. The van der Waals surface area contributed by atoms with Crippen LogP contribution in [0.4, 0.5) is 0 Å². The van der Waals surface area contributed by atoms with Crippen LogP contribution in [0.25, 0.3) is 10.9 Å². The summed E-state index contributed by atoms with van der Waals surface area (Å²) in [5.74, 6) is -0.104. The van der Waals surface area contributed by atoms with E-state index in [1.807, 2.05) is 30.3 Å². The number of ether oxygens (including phenoxy) is 1. The van der Waals surface area contributed by atoms with Crippen LogP contribution in [-0.4, -0.2) is 34.1 Å². The molecule has 1 aliphatic heterocycles. The van der Waals surface area contributed by atoms with Gasteiger partial charge in [-0.2, -0.15) is 0 Å².